The fraction of sp³-hybridized carbons (Fsp3) is 0.360. The molecule has 0 unspecified atom stereocenters. The molecule has 3 amide bonds. The molecule has 1 aliphatic heterocycles. The van der Waals surface area contributed by atoms with Crippen LogP contribution in [0.4, 0.5) is 10.8 Å². The minimum absolute atomic E-state index is 0.149. The molecule has 0 atom stereocenters. The summed E-state index contributed by atoms with van der Waals surface area (Å²) in [6.07, 6.45) is 0.464. The first-order chi connectivity index (χ1) is 15.9. The predicted molar refractivity (Wildman–Crippen MR) is 132 cm³/mol. The number of anilines is 2. The van der Waals surface area contributed by atoms with E-state index in [-0.39, 0.29) is 30.6 Å². The second-order valence-electron chi connectivity index (χ2n) is 8.07. The lowest BCUT2D eigenvalue weighted by molar-refractivity contribution is -0.121. The molecule has 0 N–H and O–H groups in total. The summed E-state index contributed by atoms with van der Waals surface area (Å²) in [7, 11) is 0. The van der Waals surface area contributed by atoms with Gasteiger partial charge < -0.3 is 4.90 Å². The molecule has 172 valence electrons. The predicted octanol–water partition coefficient (Wildman–Crippen LogP) is 4.25. The number of carbonyl (C=O) groups is 3. The second kappa shape index (κ2) is 9.80. The van der Waals surface area contributed by atoms with Gasteiger partial charge in [-0.15, -0.1) is 0 Å². The number of imide groups is 1. The van der Waals surface area contributed by atoms with E-state index in [9.17, 15) is 14.4 Å². The van der Waals surface area contributed by atoms with Crippen molar-refractivity contribution in [2.75, 3.05) is 36.0 Å². The molecule has 1 aromatic heterocycles. The molecule has 33 heavy (non-hydrogen) atoms. The minimum Gasteiger partial charge on any atom is -0.302 e. The Morgan fingerprint density at radius 3 is 2.27 bits per heavy atom. The van der Waals surface area contributed by atoms with Gasteiger partial charge in [0.1, 0.15) is 0 Å². The highest BCUT2D eigenvalue weighted by molar-refractivity contribution is 7.22. The molecule has 4 rings (SSSR count). The van der Waals surface area contributed by atoms with E-state index in [1.54, 1.807) is 29.2 Å². The zero-order valence-electron chi connectivity index (χ0n) is 19.2. The number of benzene rings is 2. The van der Waals surface area contributed by atoms with Gasteiger partial charge >= 0.3 is 0 Å². The molecule has 8 heteroatoms. The second-order valence-corrected chi connectivity index (χ2v) is 9.08. The number of carbonyl (C=O) groups excluding carboxylic acids is 3. The lowest BCUT2D eigenvalue weighted by atomic mass is 10.1. The van der Waals surface area contributed by atoms with Gasteiger partial charge in [-0.3, -0.25) is 24.2 Å². The summed E-state index contributed by atoms with van der Waals surface area (Å²) in [6.45, 7) is 9.31. The van der Waals surface area contributed by atoms with E-state index in [4.69, 9.17) is 4.98 Å². The highest BCUT2D eigenvalue weighted by Gasteiger charge is 2.30. The molecule has 0 radical (unpaired) electrons. The first kappa shape index (κ1) is 23.1. The molecule has 3 aromatic rings. The lowest BCUT2D eigenvalue weighted by Crippen LogP contribution is -2.39. The molecule has 1 aliphatic rings. The van der Waals surface area contributed by atoms with Crippen molar-refractivity contribution >= 4 is 50.1 Å². The van der Waals surface area contributed by atoms with Crippen LogP contribution >= 0.6 is 11.3 Å². The third kappa shape index (κ3) is 4.67. The molecule has 0 saturated carbocycles. The molecular weight excluding hydrogens is 436 g/mol. The number of thiazole rings is 1. The van der Waals surface area contributed by atoms with Crippen LogP contribution in [0.5, 0.6) is 0 Å². The number of aryl methyl sites for hydroxylation is 1. The van der Waals surface area contributed by atoms with Gasteiger partial charge in [0.25, 0.3) is 5.91 Å². The van der Waals surface area contributed by atoms with E-state index in [0.717, 1.165) is 35.4 Å². The van der Waals surface area contributed by atoms with E-state index < -0.39 is 0 Å². The topological polar surface area (TPSA) is 73.8 Å². The highest BCUT2D eigenvalue weighted by Crippen LogP contribution is 2.32. The molecular formula is C25H28N4O3S. The number of aromatic nitrogens is 1. The van der Waals surface area contributed by atoms with Crippen LogP contribution < -0.4 is 9.80 Å². The van der Waals surface area contributed by atoms with Crippen molar-refractivity contribution in [1.29, 1.82) is 0 Å². The fourth-order valence-electron chi connectivity index (χ4n) is 4.03. The molecule has 0 aliphatic carbocycles. The summed E-state index contributed by atoms with van der Waals surface area (Å²) in [6, 6.07) is 12.7. The normalized spacial score (nSPS) is 14.0. The number of hydrogen-bond acceptors (Lipinski definition) is 6. The maximum absolute atomic E-state index is 13.6. The number of rotatable bonds is 8. The number of fused-ring (bicyclic) bond motifs is 1. The zero-order chi connectivity index (χ0) is 23.5. The Hall–Kier alpha value is -3.10. The largest absolute Gasteiger partial charge is 0.302 e. The van der Waals surface area contributed by atoms with E-state index in [1.165, 1.54) is 16.2 Å². The summed E-state index contributed by atoms with van der Waals surface area (Å²) in [5.41, 5.74) is 2.99. The van der Waals surface area contributed by atoms with Gasteiger partial charge in [0, 0.05) is 31.5 Å². The number of hydrogen-bond donors (Lipinski definition) is 0. The summed E-state index contributed by atoms with van der Waals surface area (Å²) in [5, 5.41) is 0.672. The average Bonchev–Trinajstić information content (AvgIpc) is 3.40. The highest BCUT2D eigenvalue weighted by atomic mass is 32.1. The standard InChI is InChI=1S/C25H28N4O3S/c1-4-27(5-2)15-16-28(25-26-23-17(3)7-6-8-20(23)33-25)24(32)18-9-11-19(12-10-18)29-21(30)13-14-22(29)31/h6-12H,4-5,13-16H2,1-3H3. The maximum Gasteiger partial charge on any atom is 0.260 e. The molecule has 7 nitrogen and oxygen atoms in total. The van der Waals surface area contributed by atoms with Crippen LogP contribution in [0.3, 0.4) is 0 Å². The third-order valence-corrected chi connectivity index (χ3v) is 7.09. The summed E-state index contributed by atoms with van der Waals surface area (Å²) in [5.74, 6) is -0.556. The van der Waals surface area contributed by atoms with Crippen LogP contribution in [0.1, 0.15) is 42.6 Å². The van der Waals surface area contributed by atoms with Crippen molar-refractivity contribution in [3.8, 4) is 0 Å². The van der Waals surface area contributed by atoms with Crippen molar-refractivity contribution in [2.24, 2.45) is 0 Å². The first-order valence-corrected chi connectivity index (χ1v) is 12.1. The molecule has 0 bridgehead atoms. The van der Waals surface area contributed by atoms with Crippen molar-refractivity contribution < 1.29 is 14.4 Å². The van der Waals surface area contributed by atoms with Gasteiger partial charge in [-0.2, -0.15) is 0 Å². The summed E-state index contributed by atoms with van der Waals surface area (Å²) in [4.78, 5) is 47.7. The van der Waals surface area contributed by atoms with Crippen molar-refractivity contribution in [3.63, 3.8) is 0 Å². The number of para-hydroxylation sites is 1. The smallest absolute Gasteiger partial charge is 0.260 e. The average molecular weight is 465 g/mol. The molecule has 0 spiro atoms. The van der Waals surface area contributed by atoms with Gasteiger partial charge in [0.15, 0.2) is 5.13 Å². The summed E-state index contributed by atoms with van der Waals surface area (Å²) < 4.78 is 1.05. The van der Waals surface area contributed by atoms with Crippen molar-refractivity contribution in [2.45, 2.75) is 33.6 Å². The summed E-state index contributed by atoms with van der Waals surface area (Å²) >= 11 is 1.51. The lowest BCUT2D eigenvalue weighted by Gasteiger charge is -2.25. The SMILES string of the molecule is CCN(CC)CCN(C(=O)c1ccc(N2C(=O)CCC2=O)cc1)c1nc2c(C)cccc2s1. The Labute approximate surface area is 197 Å². The molecule has 1 saturated heterocycles. The zero-order valence-corrected chi connectivity index (χ0v) is 20.0. The van der Waals surface area contributed by atoms with Crippen LogP contribution in [0.2, 0.25) is 0 Å². The van der Waals surface area contributed by atoms with Crippen LogP contribution in [-0.4, -0.2) is 53.8 Å². The van der Waals surface area contributed by atoms with E-state index in [2.05, 4.69) is 18.7 Å². The van der Waals surface area contributed by atoms with Crippen molar-refractivity contribution in [1.82, 2.24) is 9.88 Å². The first-order valence-electron chi connectivity index (χ1n) is 11.3. The van der Waals surface area contributed by atoms with Crippen LogP contribution in [0.25, 0.3) is 10.2 Å². The Morgan fingerprint density at radius 1 is 1.00 bits per heavy atom. The fourth-order valence-corrected chi connectivity index (χ4v) is 5.10. The van der Waals surface area contributed by atoms with Crippen molar-refractivity contribution in [3.05, 3.63) is 53.6 Å². The van der Waals surface area contributed by atoms with Gasteiger partial charge in [-0.1, -0.05) is 37.3 Å². The van der Waals surface area contributed by atoms with Crippen LogP contribution in [0.15, 0.2) is 42.5 Å². The van der Waals surface area contributed by atoms with Gasteiger partial charge in [-0.05, 0) is 55.9 Å². The van der Waals surface area contributed by atoms with Gasteiger partial charge in [0.2, 0.25) is 11.8 Å². The Morgan fingerprint density at radius 2 is 1.67 bits per heavy atom. The van der Waals surface area contributed by atoms with E-state index in [1.807, 2.05) is 25.1 Å². The molecule has 1 fully saturated rings. The molecule has 2 heterocycles. The number of amides is 3. The van der Waals surface area contributed by atoms with Crippen LogP contribution in [0, 0.1) is 6.92 Å². The van der Waals surface area contributed by atoms with Gasteiger partial charge in [-0.25, -0.2) is 4.98 Å². The van der Waals surface area contributed by atoms with Gasteiger partial charge in [0.05, 0.1) is 15.9 Å². The quantitative estimate of drug-likeness (QED) is 0.466. The number of likely N-dealkylation sites (N-methyl/N-ethyl adjacent to an activating group) is 1. The van der Waals surface area contributed by atoms with Crippen LogP contribution in [-0.2, 0) is 9.59 Å². The van der Waals surface area contributed by atoms with E-state index in [0.29, 0.717) is 22.9 Å². The Balaban J connectivity index is 1.64. The van der Waals surface area contributed by atoms with E-state index >= 15 is 0 Å². The maximum atomic E-state index is 13.6. The molecule has 2 aromatic carbocycles. The monoisotopic (exact) mass is 464 g/mol. The number of nitrogens with zero attached hydrogens (tertiary/aromatic N) is 4. The minimum atomic E-state index is -0.204. The third-order valence-electron chi connectivity index (χ3n) is 6.04. The Kier molecular flexibility index (Phi) is 6.85. The Bertz CT molecular complexity index is 1170.